The van der Waals surface area contributed by atoms with Gasteiger partial charge in [-0.05, 0) is 37.0 Å². The Balaban J connectivity index is 1.62. The lowest BCUT2D eigenvalue weighted by molar-refractivity contribution is -0.129. The summed E-state index contributed by atoms with van der Waals surface area (Å²) in [6.45, 7) is 1.75. The van der Waals surface area contributed by atoms with Gasteiger partial charge in [-0.25, -0.2) is 13.6 Å². The highest BCUT2D eigenvalue weighted by Gasteiger charge is 2.25. The van der Waals surface area contributed by atoms with Crippen LogP contribution < -0.4 is 11.2 Å². The second-order valence-corrected chi connectivity index (χ2v) is 9.38. The molecule has 4 heterocycles. The fourth-order valence-corrected chi connectivity index (χ4v) is 5.24. The first-order valence-electron chi connectivity index (χ1n) is 11.0. The van der Waals surface area contributed by atoms with Gasteiger partial charge in [0.1, 0.15) is 5.82 Å². The summed E-state index contributed by atoms with van der Waals surface area (Å²) >= 11 is 1.23. The van der Waals surface area contributed by atoms with Gasteiger partial charge in [0, 0.05) is 27.2 Å². The number of hydrogen-bond donors (Lipinski definition) is 0. The Hall–Kier alpha value is -3.41. The van der Waals surface area contributed by atoms with E-state index in [4.69, 9.17) is 0 Å². The molecule has 34 heavy (non-hydrogen) atoms. The molecule has 10 nitrogen and oxygen atoms in total. The predicted octanol–water partition coefficient (Wildman–Crippen LogP) is 1.37. The Kier molecular flexibility index (Phi) is 5.76. The lowest BCUT2D eigenvalue weighted by atomic mass is 10.1. The summed E-state index contributed by atoms with van der Waals surface area (Å²) in [5.74, 6) is 0.223. The van der Waals surface area contributed by atoms with Crippen LogP contribution in [0.2, 0.25) is 0 Å². The van der Waals surface area contributed by atoms with Gasteiger partial charge in [0.25, 0.3) is 5.56 Å². The second-order valence-electron chi connectivity index (χ2n) is 8.44. The molecule has 12 heteroatoms. The van der Waals surface area contributed by atoms with Gasteiger partial charge < -0.3 is 4.90 Å². The molecule has 1 aliphatic rings. The number of carbonyl (C=O) groups excluding carboxylic acids is 1. The molecule has 0 radical (unpaired) electrons. The van der Waals surface area contributed by atoms with E-state index in [0.29, 0.717) is 16.6 Å². The van der Waals surface area contributed by atoms with Crippen molar-refractivity contribution in [3.05, 3.63) is 56.5 Å². The summed E-state index contributed by atoms with van der Waals surface area (Å²) in [5, 5.41) is 8.98. The van der Waals surface area contributed by atoms with Crippen LogP contribution in [0.4, 0.5) is 4.39 Å². The fourth-order valence-electron chi connectivity index (χ4n) is 4.41. The molecule has 0 unspecified atom stereocenters. The maximum absolute atomic E-state index is 13.4. The number of rotatable bonds is 5. The molecule has 1 aliphatic heterocycles. The van der Waals surface area contributed by atoms with Crippen LogP contribution in [0, 0.1) is 5.82 Å². The standard InChI is InChI=1S/C22H24FN7O3S/c1-26-18-17(19(32)27(2)22(26)33)29(12-14-6-8-15(23)9-7-14)20-24-25-21(30(18)20)34-13-16(31)28-10-4-3-5-11-28/h6-9H,3-5,10-13H2,1-2H3. The molecule has 178 valence electrons. The topological polar surface area (TPSA) is 99.4 Å². The molecule has 0 aliphatic carbocycles. The summed E-state index contributed by atoms with van der Waals surface area (Å²) < 4.78 is 19.2. The molecule has 0 atom stereocenters. The number of halogens is 1. The van der Waals surface area contributed by atoms with Crippen LogP contribution in [0.15, 0.2) is 39.0 Å². The number of piperidine rings is 1. The van der Waals surface area contributed by atoms with Crippen molar-refractivity contribution in [2.75, 3.05) is 18.8 Å². The first-order chi connectivity index (χ1) is 16.4. The van der Waals surface area contributed by atoms with Crippen molar-refractivity contribution in [1.29, 1.82) is 0 Å². The van der Waals surface area contributed by atoms with Gasteiger partial charge >= 0.3 is 5.69 Å². The summed E-state index contributed by atoms with van der Waals surface area (Å²) in [5.41, 5.74) is 0.443. The number of fused-ring (bicyclic) bond motifs is 3. The minimum Gasteiger partial charge on any atom is -0.342 e. The van der Waals surface area contributed by atoms with Crippen LogP contribution in [0.3, 0.4) is 0 Å². The minimum absolute atomic E-state index is 0.0290. The Bertz CT molecular complexity index is 1510. The molecule has 0 bridgehead atoms. The number of thioether (sulfide) groups is 1. The molecule has 0 saturated carbocycles. The number of likely N-dealkylation sites (tertiary alicyclic amines) is 1. The van der Waals surface area contributed by atoms with E-state index in [1.54, 1.807) is 28.1 Å². The maximum Gasteiger partial charge on any atom is 0.332 e. The third-order valence-corrected chi connectivity index (χ3v) is 7.15. The fraction of sp³-hybridized carbons (Fsp3) is 0.409. The lowest BCUT2D eigenvalue weighted by Gasteiger charge is -2.26. The lowest BCUT2D eigenvalue weighted by Crippen LogP contribution is -2.38. The summed E-state index contributed by atoms with van der Waals surface area (Å²) in [4.78, 5) is 40.4. The van der Waals surface area contributed by atoms with E-state index in [1.165, 1.54) is 35.5 Å². The summed E-state index contributed by atoms with van der Waals surface area (Å²) in [7, 11) is 3.01. The third-order valence-electron chi connectivity index (χ3n) is 6.24. The molecule has 4 aromatic rings. The van der Waals surface area contributed by atoms with Crippen molar-refractivity contribution in [2.24, 2.45) is 14.1 Å². The number of imidazole rings is 1. The number of aryl methyl sites for hydroxylation is 1. The zero-order valence-electron chi connectivity index (χ0n) is 18.9. The van der Waals surface area contributed by atoms with Crippen molar-refractivity contribution in [3.8, 4) is 0 Å². The quantitative estimate of drug-likeness (QED) is 0.396. The van der Waals surface area contributed by atoms with Gasteiger partial charge in [-0.2, -0.15) is 0 Å². The largest absolute Gasteiger partial charge is 0.342 e. The van der Waals surface area contributed by atoms with Crippen molar-refractivity contribution >= 4 is 34.6 Å². The molecule has 1 fully saturated rings. The van der Waals surface area contributed by atoms with Gasteiger partial charge in [-0.1, -0.05) is 23.9 Å². The Morgan fingerprint density at radius 2 is 1.74 bits per heavy atom. The van der Waals surface area contributed by atoms with Gasteiger partial charge in [-0.15, -0.1) is 10.2 Å². The van der Waals surface area contributed by atoms with Crippen LogP contribution >= 0.6 is 11.8 Å². The van der Waals surface area contributed by atoms with Crippen molar-refractivity contribution < 1.29 is 9.18 Å². The molecule has 1 saturated heterocycles. The predicted molar refractivity (Wildman–Crippen MR) is 126 cm³/mol. The van der Waals surface area contributed by atoms with Crippen molar-refractivity contribution in [2.45, 2.75) is 31.0 Å². The Morgan fingerprint density at radius 3 is 2.44 bits per heavy atom. The molecule has 5 rings (SSSR count). The summed E-state index contributed by atoms with van der Waals surface area (Å²) in [6.07, 6.45) is 3.15. The summed E-state index contributed by atoms with van der Waals surface area (Å²) in [6, 6.07) is 5.97. The van der Waals surface area contributed by atoms with E-state index < -0.39 is 11.2 Å². The average Bonchev–Trinajstić information content (AvgIpc) is 3.40. The van der Waals surface area contributed by atoms with Crippen LogP contribution in [0.25, 0.3) is 16.9 Å². The van der Waals surface area contributed by atoms with Crippen LogP contribution in [-0.2, 0) is 25.4 Å². The van der Waals surface area contributed by atoms with Crippen LogP contribution in [-0.4, -0.2) is 57.9 Å². The zero-order valence-corrected chi connectivity index (χ0v) is 19.7. The number of nitrogens with zero attached hydrogens (tertiary/aromatic N) is 7. The highest BCUT2D eigenvalue weighted by atomic mass is 32.2. The van der Waals surface area contributed by atoms with Gasteiger partial charge in [0.15, 0.2) is 16.3 Å². The Morgan fingerprint density at radius 1 is 1.03 bits per heavy atom. The van der Waals surface area contributed by atoms with Crippen LogP contribution in [0.5, 0.6) is 0 Å². The van der Waals surface area contributed by atoms with E-state index in [2.05, 4.69) is 10.2 Å². The molecule has 0 spiro atoms. The van der Waals surface area contributed by atoms with E-state index >= 15 is 0 Å². The van der Waals surface area contributed by atoms with E-state index in [1.807, 2.05) is 4.90 Å². The molecular formula is C22H24FN7O3S. The molecular weight excluding hydrogens is 461 g/mol. The molecule has 3 aromatic heterocycles. The first kappa shape index (κ1) is 22.4. The minimum atomic E-state index is -0.479. The number of amides is 1. The van der Waals surface area contributed by atoms with E-state index in [-0.39, 0.29) is 29.5 Å². The third kappa shape index (κ3) is 3.71. The second kappa shape index (κ2) is 8.75. The van der Waals surface area contributed by atoms with Gasteiger partial charge in [0.05, 0.1) is 12.3 Å². The maximum atomic E-state index is 13.4. The number of benzene rings is 1. The van der Waals surface area contributed by atoms with E-state index in [9.17, 15) is 18.8 Å². The molecule has 0 N–H and O–H groups in total. The monoisotopic (exact) mass is 485 g/mol. The van der Waals surface area contributed by atoms with Crippen molar-refractivity contribution in [1.82, 2.24) is 33.2 Å². The smallest absolute Gasteiger partial charge is 0.332 e. The van der Waals surface area contributed by atoms with Gasteiger partial charge in [0.2, 0.25) is 11.7 Å². The van der Waals surface area contributed by atoms with Crippen molar-refractivity contribution in [3.63, 3.8) is 0 Å². The highest BCUT2D eigenvalue weighted by molar-refractivity contribution is 7.99. The first-order valence-corrected chi connectivity index (χ1v) is 12.0. The number of carbonyl (C=O) groups is 1. The van der Waals surface area contributed by atoms with E-state index in [0.717, 1.165) is 42.5 Å². The van der Waals surface area contributed by atoms with Gasteiger partial charge in [-0.3, -0.25) is 23.3 Å². The number of hydrogen-bond acceptors (Lipinski definition) is 6. The SMILES string of the molecule is Cn1c(=O)c2c(n(C)c1=O)n1c(SCC(=O)N3CCCCC3)nnc1n2Cc1ccc(F)cc1. The molecule has 1 amide bonds. The Labute approximate surface area is 197 Å². The normalized spacial score (nSPS) is 14.4. The highest BCUT2D eigenvalue weighted by Crippen LogP contribution is 2.25. The zero-order chi connectivity index (χ0) is 24.0. The molecule has 1 aromatic carbocycles. The average molecular weight is 486 g/mol. The number of aromatic nitrogens is 6. The van der Waals surface area contributed by atoms with Crippen LogP contribution in [0.1, 0.15) is 24.8 Å².